The van der Waals surface area contributed by atoms with Gasteiger partial charge in [0.05, 0.1) is 6.61 Å². The molecule has 0 saturated heterocycles. The van der Waals surface area contributed by atoms with Gasteiger partial charge in [-0.15, -0.1) is 0 Å². The van der Waals surface area contributed by atoms with Gasteiger partial charge in [0.25, 0.3) is 0 Å². The third-order valence-electron chi connectivity index (χ3n) is 1.54. The molecule has 0 aliphatic carbocycles. The lowest BCUT2D eigenvalue weighted by atomic mass is 10.1. The lowest BCUT2D eigenvalue weighted by Crippen LogP contribution is -2.07. The molecule has 0 heterocycles. The Kier molecular flexibility index (Phi) is 6.91. The van der Waals surface area contributed by atoms with E-state index < -0.39 is 0 Å². The number of methoxy groups -OCH3 is 1. The maximum atomic E-state index is 4.92. The summed E-state index contributed by atoms with van der Waals surface area (Å²) in [6.07, 6.45) is 2.10. The van der Waals surface area contributed by atoms with E-state index in [1.807, 2.05) is 0 Å². The van der Waals surface area contributed by atoms with Crippen molar-refractivity contribution in [2.45, 2.75) is 19.8 Å². The quantitative estimate of drug-likeness (QED) is 0.569. The first kappa shape index (κ1) is 9.88. The Balaban J connectivity index is 3.00. The standard InChI is InChI=1S/C7H17NO2/c1-7(3-5-9-2)4-6-10-8/h7H,3-6,8H2,1-2H3. The van der Waals surface area contributed by atoms with Gasteiger partial charge in [0.1, 0.15) is 0 Å². The van der Waals surface area contributed by atoms with Crippen LogP contribution in [0.15, 0.2) is 0 Å². The van der Waals surface area contributed by atoms with Crippen LogP contribution in [0.5, 0.6) is 0 Å². The monoisotopic (exact) mass is 147 g/mol. The molecule has 0 aromatic rings. The zero-order valence-electron chi connectivity index (χ0n) is 6.80. The summed E-state index contributed by atoms with van der Waals surface area (Å²) in [5, 5.41) is 0. The SMILES string of the molecule is COCCC(C)CCON. The molecule has 0 aliphatic rings. The van der Waals surface area contributed by atoms with E-state index in [1.54, 1.807) is 7.11 Å². The molecule has 3 nitrogen and oxygen atoms in total. The van der Waals surface area contributed by atoms with E-state index in [-0.39, 0.29) is 0 Å². The fourth-order valence-electron chi connectivity index (χ4n) is 0.733. The first-order valence-electron chi connectivity index (χ1n) is 3.62. The van der Waals surface area contributed by atoms with Gasteiger partial charge in [0.15, 0.2) is 0 Å². The minimum Gasteiger partial charge on any atom is -0.385 e. The second kappa shape index (κ2) is 6.99. The molecule has 0 rings (SSSR count). The van der Waals surface area contributed by atoms with Crippen LogP contribution in [0.2, 0.25) is 0 Å². The number of hydrogen-bond donors (Lipinski definition) is 1. The molecule has 0 bridgehead atoms. The predicted octanol–water partition coefficient (Wildman–Crippen LogP) is 0.939. The second-order valence-electron chi connectivity index (χ2n) is 2.55. The number of hydrogen-bond acceptors (Lipinski definition) is 3. The van der Waals surface area contributed by atoms with Crippen molar-refractivity contribution >= 4 is 0 Å². The van der Waals surface area contributed by atoms with Crippen LogP contribution >= 0.6 is 0 Å². The zero-order valence-corrected chi connectivity index (χ0v) is 6.80. The molecule has 0 fully saturated rings. The summed E-state index contributed by atoms with van der Waals surface area (Å²) in [7, 11) is 1.71. The fourth-order valence-corrected chi connectivity index (χ4v) is 0.733. The van der Waals surface area contributed by atoms with Crippen LogP contribution < -0.4 is 5.90 Å². The van der Waals surface area contributed by atoms with Crippen LogP contribution in [-0.4, -0.2) is 20.3 Å². The number of rotatable bonds is 6. The molecule has 2 N–H and O–H groups in total. The minimum absolute atomic E-state index is 0.642. The molecule has 3 heteroatoms. The third-order valence-corrected chi connectivity index (χ3v) is 1.54. The Hall–Kier alpha value is -0.120. The highest BCUT2D eigenvalue weighted by molar-refractivity contribution is 4.50. The van der Waals surface area contributed by atoms with Crippen molar-refractivity contribution < 1.29 is 9.57 Å². The smallest absolute Gasteiger partial charge is 0.0681 e. The maximum Gasteiger partial charge on any atom is 0.0681 e. The van der Waals surface area contributed by atoms with E-state index in [0.29, 0.717) is 12.5 Å². The highest BCUT2D eigenvalue weighted by Crippen LogP contribution is 2.06. The molecule has 62 valence electrons. The van der Waals surface area contributed by atoms with Gasteiger partial charge in [-0.05, 0) is 18.8 Å². The van der Waals surface area contributed by atoms with Gasteiger partial charge < -0.3 is 9.57 Å². The average molecular weight is 147 g/mol. The van der Waals surface area contributed by atoms with Gasteiger partial charge in [-0.1, -0.05) is 6.92 Å². The molecule has 1 atom stereocenters. The second-order valence-corrected chi connectivity index (χ2v) is 2.55. The lowest BCUT2D eigenvalue weighted by Gasteiger charge is -2.08. The average Bonchev–Trinajstić information content (AvgIpc) is 1.97. The van der Waals surface area contributed by atoms with Crippen LogP contribution in [0, 0.1) is 5.92 Å². The summed E-state index contributed by atoms with van der Waals surface area (Å²) < 4.78 is 4.92. The van der Waals surface area contributed by atoms with Gasteiger partial charge in [0, 0.05) is 13.7 Å². The van der Waals surface area contributed by atoms with Crippen molar-refractivity contribution in [3.05, 3.63) is 0 Å². The van der Waals surface area contributed by atoms with Crippen LogP contribution in [0.25, 0.3) is 0 Å². The van der Waals surface area contributed by atoms with E-state index in [0.717, 1.165) is 19.4 Å². The maximum absolute atomic E-state index is 4.92. The molecule has 0 amide bonds. The van der Waals surface area contributed by atoms with Crippen molar-refractivity contribution in [3.8, 4) is 0 Å². The highest BCUT2D eigenvalue weighted by Gasteiger charge is 1.99. The topological polar surface area (TPSA) is 44.5 Å². The van der Waals surface area contributed by atoms with Crippen molar-refractivity contribution in [1.82, 2.24) is 0 Å². The number of nitrogens with two attached hydrogens (primary N) is 1. The molecule has 0 saturated carbocycles. The van der Waals surface area contributed by atoms with Gasteiger partial charge in [0.2, 0.25) is 0 Å². The van der Waals surface area contributed by atoms with Gasteiger partial charge in [-0.25, -0.2) is 5.90 Å². The molecule has 0 aromatic heterocycles. The van der Waals surface area contributed by atoms with Crippen molar-refractivity contribution in [2.24, 2.45) is 11.8 Å². The van der Waals surface area contributed by atoms with E-state index >= 15 is 0 Å². The highest BCUT2D eigenvalue weighted by atomic mass is 16.6. The first-order chi connectivity index (χ1) is 4.81. The molecule has 1 unspecified atom stereocenters. The van der Waals surface area contributed by atoms with E-state index in [1.165, 1.54) is 0 Å². The first-order valence-corrected chi connectivity index (χ1v) is 3.62. The van der Waals surface area contributed by atoms with Crippen molar-refractivity contribution in [2.75, 3.05) is 20.3 Å². The molecule has 0 spiro atoms. The molecular weight excluding hydrogens is 130 g/mol. The summed E-state index contributed by atoms with van der Waals surface area (Å²) in [5.41, 5.74) is 0. The van der Waals surface area contributed by atoms with E-state index in [2.05, 4.69) is 11.8 Å². The van der Waals surface area contributed by atoms with Gasteiger partial charge in [-0.2, -0.15) is 0 Å². The molecule has 10 heavy (non-hydrogen) atoms. The summed E-state index contributed by atoms with van der Waals surface area (Å²) in [5.74, 6) is 5.52. The summed E-state index contributed by atoms with van der Waals surface area (Å²) in [6.45, 7) is 3.63. The molecule has 0 aromatic carbocycles. The fraction of sp³-hybridized carbons (Fsp3) is 1.00. The summed E-state index contributed by atoms with van der Waals surface area (Å²) in [6, 6.07) is 0. The summed E-state index contributed by atoms with van der Waals surface area (Å²) >= 11 is 0. The Labute approximate surface area is 62.4 Å². The Bertz CT molecular complexity index is 60.6. The van der Waals surface area contributed by atoms with E-state index in [4.69, 9.17) is 10.6 Å². The van der Waals surface area contributed by atoms with Gasteiger partial charge in [-0.3, -0.25) is 0 Å². The number of ether oxygens (including phenoxy) is 1. The molecule has 0 radical (unpaired) electrons. The molecular formula is C7H17NO2. The zero-order chi connectivity index (χ0) is 7.82. The van der Waals surface area contributed by atoms with Crippen LogP contribution in [-0.2, 0) is 9.57 Å². The van der Waals surface area contributed by atoms with Crippen LogP contribution in [0.4, 0.5) is 0 Å². The Morgan fingerprint density at radius 2 is 1.90 bits per heavy atom. The lowest BCUT2D eigenvalue weighted by molar-refractivity contribution is 0.115. The molecule has 0 aliphatic heterocycles. The largest absolute Gasteiger partial charge is 0.385 e. The Morgan fingerprint density at radius 1 is 1.30 bits per heavy atom. The van der Waals surface area contributed by atoms with Crippen molar-refractivity contribution in [1.29, 1.82) is 0 Å². The van der Waals surface area contributed by atoms with Crippen LogP contribution in [0.3, 0.4) is 0 Å². The normalized spacial score (nSPS) is 13.5. The van der Waals surface area contributed by atoms with E-state index in [9.17, 15) is 0 Å². The minimum atomic E-state index is 0.642. The van der Waals surface area contributed by atoms with Crippen molar-refractivity contribution in [3.63, 3.8) is 0 Å². The van der Waals surface area contributed by atoms with Gasteiger partial charge >= 0.3 is 0 Å². The Morgan fingerprint density at radius 3 is 2.40 bits per heavy atom. The summed E-state index contributed by atoms with van der Waals surface area (Å²) in [4.78, 5) is 4.45. The third kappa shape index (κ3) is 6.01. The van der Waals surface area contributed by atoms with Crippen LogP contribution in [0.1, 0.15) is 19.8 Å². The predicted molar refractivity (Wildman–Crippen MR) is 40.4 cm³/mol.